The van der Waals surface area contributed by atoms with E-state index in [9.17, 15) is 9.59 Å². The average Bonchev–Trinajstić information content (AvgIpc) is 2.13. The number of carboxylic acids is 1. The van der Waals surface area contributed by atoms with Gasteiger partial charge < -0.3 is 10.0 Å². The van der Waals surface area contributed by atoms with Crippen molar-refractivity contribution in [3.05, 3.63) is 0 Å². The van der Waals surface area contributed by atoms with Crippen molar-refractivity contribution in [2.45, 2.75) is 25.8 Å². The molecule has 0 radical (unpaired) electrons. The predicted octanol–water partition coefficient (Wildman–Crippen LogP) is 0.328. The van der Waals surface area contributed by atoms with Gasteiger partial charge in [-0.3, -0.25) is 9.59 Å². The second kappa shape index (κ2) is 2.47. The zero-order valence-corrected chi connectivity index (χ0v) is 7.50. The molecule has 1 saturated heterocycles. The summed E-state index contributed by atoms with van der Waals surface area (Å²) >= 11 is 0. The minimum atomic E-state index is -0.891. The van der Waals surface area contributed by atoms with Gasteiger partial charge in [0.15, 0.2) is 0 Å². The number of carbonyl (C=O) groups is 2. The first-order valence-corrected chi connectivity index (χ1v) is 3.87. The van der Waals surface area contributed by atoms with Crippen LogP contribution in [0.4, 0.5) is 0 Å². The van der Waals surface area contributed by atoms with Crippen molar-refractivity contribution in [3.63, 3.8) is 0 Å². The second-order valence-electron chi connectivity index (χ2n) is 3.70. The molecule has 1 heterocycles. The molecule has 68 valence electrons. The molecule has 0 aromatic carbocycles. The summed E-state index contributed by atoms with van der Waals surface area (Å²) in [6, 6.07) is 0. The van der Waals surface area contributed by atoms with Crippen LogP contribution in [0, 0.1) is 5.92 Å². The zero-order valence-electron chi connectivity index (χ0n) is 7.50. The minimum absolute atomic E-state index is 0.0904. The lowest BCUT2D eigenvalue weighted by Gasteiger charge is -2.30. The molecule has 0 bridgehead atoms. The third-order valence-corrected chi connectivity index (χ3v) is 2.77. The highest BCUT2D eigenvalue weighted by atomic mass is 16.4. The highest BCUT2D eigenvalue weighted by Gasteiger charge is 2.47. The lowest BCUT2D eigenvalue weighted by Crippen LogP contribution is -2.43. The van der Waals surface area contributed by atoms with Gasteiger partial charge in [-0.05, 0) is 13.8 Å². The number of nitrogens with zero attached hydrogens (tertiary/aromatic N) is 1. The van der Waals surface area contributed by atoms with Gasteiger partial charge in [0.05, 0.1) is 11.5 Å². The van der Waals surface area contributed by atoms with E-state index in [4.69, 9.17) is 5.11 Å². The molecular formula is C8H13NO3. The Morgan fingerprint density at radius 3 is 2.33 bits per heavy atom. The van der Waals surface area contributed by atoms with Gasteiger partial charge in [-0.1, -0.05) is 0 Å². The van der Waals surface area contributed by atoms with Crippen LogP contribution in [-0.2, 0) is 9.59 Å². The summed E-state index contributed by atoms with van der Waals surface area (Å²) in [7, 11) is 1.64. The zero-order chi connectivity index (χ0) is 9.52. The molecule has 0 unspecified atom stereocenters. The summed E-state index contributed by atoms with van der Waals surface area (Å²) in [6.07, 6.45) is 0.124. The van der Waals surface area contributed by atoms with E-state index in [1.165, 1.54) is 4.90 Å². The third kappa shape index (κ3) is 1.07. The Bertz CT molecular complexity index is 234. The van der Waals surface area contributed by atoms with Crippen LogP contribution >= 0.6 is 0 Å². The maximum Gasteiger partial charge on any atom is 0.309 e. The van der Waals surface area contributed by atoms with Crippen molar-refractivity contribution in [2.75, 3.05) is 7.05 Å². The lowest BCUT2D eigenvalue weighted by molar-refractivity contribution is -0.144. The van der Waals surface area contributed by atoms with Crippen LogP contribution in [0.3, 0.4) is 0 Å². The highest BCUT2D eigenvalue weighted by molar-refractivity contribution is 5.87. The first kappa shape index (κ1) is 9.03. The van der Waals surface area contributed by atoms with Crippen LogP contribution in [0.5, 0.6) is 0 Å². The first-order valence-electron chi connectivity index (χ1n) is 3.87. The molecule has 0 saturated carbocycles. The van der Waals surface area contributed by atoms with Crippen molar-refractivity contribution in [3.8, 4) is 0 Å². The smallest absolute Gasteiger partial charge is 0.309 e. The van der Waals surface area contributed by atoms with Crippen LogP contribution in [0.1, 0.15) is 20.3 Å². The average molecular weight is 171 g/mol. The Balaban J connectivity index is 2.95. The molecule has 1 amide bonds. The van der Waals surface area contributed by atoms with Crippen molar-refractivity contribution < 1.29 is 14.7 Å². The van der Waals surface area contributed by atoms with Crippen LogP contribution in [0.15, 0.2) is 0 Å². The summed E-state index contributed by atoms with van der Waals surface area (Å²) in [5.74, 6) is -1.56. The van der Waals surface area contributed by atoms with Crippen LogP contribution in [0.2, 0.25) is 0 Å². The van der Waals surface area contributed by atoms with E-state index in [2.05, 4.69) is 0 Å². The molecule has 1 aliphatic rings. The predicted molar refractivity (Wildman–Crippen MR) is 42.6 cm³/mol. The van der Waals surface area contributed by atoms with Gasteiger partial charge in [0, 0.05) is 13.5 Å². The Morgan fingerprint density at radius 2 is 2.17 bits per heavy atom. The fourth-order valence-corrected chi connectivity index (χ4v) is 1.51. The van der Waals surface area contributed by atoms with E-state index in [0.717, 1.165) is 0 Å². The Kier molecular flexibility index (Phi) is 1.86. The van der Waals surface area contributed by atoms with Crippen molar-refractivity contribution in [1.29, 1.82) is 0 Å². The SMILES string of the molecule is CN1C(=O)C[C@@H](C(=O)O)C1(C)C. The van der Waals surface area contributed by atoms with E-state index in [0.29, 0.717) is 0 Å². The summed E-state index contributed by atoms with van der Waals surface area (Å²) < 4.78 is 0. The second-order valence-corrected chi connectivity index (χ2v) is 3.70. The normalized spacial score (nSPS) is 27.8. The highest BCUT2D eigenvalue weighted by Crippen LogP contribution is 2.33. The van der Waals surface area contributed by atoms with E-state index in [1.807, 2.05) is 0 Å². The molecular weight excluding hydrogens is 158 g/mol. The fraction of sp³-hybridized carbons (Fsp3) is 0.750. The molecule has 4 nitrogen and oxygen atoms in total. The molecule has 1 aliphatic heterocycles. The standard InChI is InChI=1S/C8H13NO3/c1-8(2)5(7(11)12)4-6(10)9(8)3/h5H,4H2,1-3H3,(H,11,12)/t5-/m0/s1. The van der Waals surface area contributed by atoms with Crippen LogP contribution < -0.4 is 0 Å². The number of carbonyl (C=O) groups excluding carboxylic acids is 1. The van der Waals surface area contributed by atoms with Gasteiger partial charge in [0.2, 0.25) is 5.91 Å². The third-order valence-electron chi connectivity index (χ3n) is 2.77. The van der Waals surface area contributed by atoms with E-state index in [-0.39, 0.29) is 12.3 Å². The largest absolute Gasteiger partial charge is 0.481 e. The molecule has 0 aromatic heterocycles. The van der Waals surface area contributed by atoms with Crippen LogP contribution in [0.25, 0.3) is 0 Å². The van der Waals surface area contributed by atoms with Gasteiger partial charge >= 0.3 is 5.97 Å². The maximum absolute atomic E-state index is 11.2. The summed E-state index contributed by atoms with van der Waals surface area (Å²) in [5, 5.41) is 8.81. The number of hydrogen-bond donors (Lipinski definition) is 1. The quantitative estimate of drug-likeness (QED) is 0.618. The van der Waals surface area contributed by atoms with Gasteiger partial charge in [0.1, 0.15) is 0 Å². The minimum Gasteiger partial charge on any atom is -0.481 e. The molecule has 0 aromatic rings. The number of carboxylic acid groups (broad SMARTS) is 1. The van der Waals surface area contributed by atoms with Crippen molar-refractivity contribution in [1.82, 2.24) is 4.90 Å². The van der Waals surface area contributed by atoms with Gasteiger partial charge in [-0.25, -0.2) is 0 Å². The molecule has 1 fully saturated rings. The fourth-order valence-electron chi connectivity index (χ4n) is 1.51. The number of hydrogen-bond acceptors (Lipinski definition) is 2. The van der Waals surface area contributed by atoms with Gasteiger partial charge in [-0.2, -0.15) is 0 Å². The number of aliphatic carboxylic acids is 1. The molecule has 1 atom stereocenters. The van der Waals surface area contributed by atoms with E-state index < -0.39 is 17.4 Å². The number of rotatable bonds is 1. The van der Waals surface area contributed by atoms with Crippen molar-refractivity contribution >= 4 is 11.9 Å². The summed E-state index contributed by atoms with van der Waals surface area (Å²) in [4.78, 5) is 23.4. The molecule has 12 heavy (non-hydrogen) atoms. The topological polar surface area (TPSA) is 57.6 Å². The van der Waals surface area contributed by atoms with Crippen LogP contribution in [-0.4, -0.2) is 34.5 Å². The molecule has 0 aliphatic carbocycles. The summed E-state index contributed by atoms with van der Waals surface area (Å²) in [6.45, 7) is 3.55. The maximum atomic E-state index is 11.2. The van der Waals surface area contributed by atoms with E-state index in [1.54, 1.807) is 20.9 Å². The molecule has 1 rings (SSSR count). The van der Waals surface area contributed by atoms with Gasteiger partial charge in [-0.15, -0.1) is 0 Å². The monoisotopic (exact) mass is 171 g/mol. The van der Waals surface area contributed by atoms with E-state index >= 15 is 0 Å². The Hall–Kier alpha value is -1.06. The number of amides is 1. The lowest BCUT2D eigenvalue weighted by atomic mass is 9.89. The number of likely N-dealkylation sites (tertiary alicyclic amines) is 1. The Labute approximate surface area is 71.2 Å². The molecule has 0 spiro atoms. The molecule has 4 heteroatoms. The molecule has 1 N–H and O–H groups in total. The Morgan fingerprint density at radius 1 is 1.67 bits per heavy atom. The van der Waals surface area contributed by atoms with Crippen molar-refractivity contribution in [2.24, 2.45) is 5.92 Å². The van der Waals surface area contributed by atoms with Gasteiger partial charge in [0.25, 0.3) is 0 Å². The first-order chi connectivity index (χ1) is 5.37. The summed E-state index contributed by atoms with van der Waals surface area (Å²) in [5.41, 5.74) is -0.553.